The number of rotatable bonds is 2. The van der Waals surface area contributed by atoms with E-state index in [9.17, 15) is 0 Å². The van der Waals surface area contributed by atoms with Gasteiger partial charge >= 0.3 is 0 Å². The summed E-state index contributed by atoms with van der Waals surface area (Å²) in [4.78, 5) is 0. The highest BCUT2D eigenvalue weighted by molar-refractivity contribution is 5.11. The fourth-order valence-corrected chi connectivity index (χ4v) is 0.956. The monoisotopic (exact) mass is 154 g/mol. The molecule has 0 saturated heterocycles. The third-order valence-electron chi connectivity index (χ3n) is 1.93. The van der Waals surface area contributed by atoms with E-state index in [0.29, 0.717) is 0 Å². The fourth-order valence-electron chi connectivity index (χ4n) is 0.956. The standard InChI is InChI=1S/C7H14N4/c1-4-6(8)7-5(2)11(3)10-9-7/h6H,4,8H2,1-3H3/t6-/m0/s1. The Bertz CT molecular complexity index is 241. The topological polar surface area (TPSA) is 56.7 Å². The van der Waals surface area contributed by atoms with Crippen molar-refractivity contribution in [3.05, 3.63) is 11.4 Å². The van der Waals surface area contributed by atoms with Crippen LogP contribution in [0.25, 0.3) is 0 Å². The molecule has 0 unspecified atom stereocenters. The number of aryl methyl sites for hydroxylation is 1. The van der Waals surface area contributed by atoms with E-state index in [1.165, 1.54) is 0 Å². The lowest BCUT2D eigenvalue weighted by Gasteiger charge is -2.04. The minimum Gasteiger partial charge on any atom is -0.323 e. The van der Waals surface area contributed by atoms with Gasteiger partial charge in [0.25, 0.3) is 0 Å². The number of nitrogens with zero attached hydrogens (tertiary/aromatic N) is 3. The molecule has 62 valence electrons. The first kappa shape index (κ1) is 8.20. The number of aromatic nitrogens is 3. The quantitative estimate of drug-likeness (QED) is 0.676. The maximum Gasteiger partial charge on any atom is 0.102 e. The lowest BCUT2D eigenvalue weighted by molar-refractivity contribution is 0.666. The average molecular weight is 154 g/mol. The van der Waals surface area contributed by atoms with Crippen molar-refractivity contribution < 1.29 is 0 Å². The van der Waals surface area contributed by atoms with E-state index in [-0.39, 0.29) is 6.04 Å². The molecular formula is C7H14N4. The van der Waals surface area contributed by atoms with E-state index < -0.39 is 0 Å². The molecule has 0 fully saturated rings. The molecule has 1 aromatic heterocycles. The van der Waals surface area contributed by atoms with E-state index in [0.717, 1.165) is 17.8 Å². The van der Waals surface area contributed by atoms with Crippen LogP contribution in [0.2, 0.25) is 0 Å². The van der Waals surface area contributed by atoms with Gasteiger partial charge in [0.15, 0.2) is 0 Å². The summed E-state index contributed by atoms with van der Waals surface area (Å²) >= 11 is 0. The molecule has 1 atom stereocenters. The molecule has 11 heavy (non-hydrogen) atoms. The van der Waals surface area contributed by atoms with Gasteiger partial charge in [-0.2, -0.15) is 0 Å². The molecule has 0 spiro atoms. The Balaban J connectivity index is 2.94. The summed E-state index contributed by atoms with van der Waals surface area (Å²) in [6.45, 7) is 4.02. The van der Waals surface area contributed by atoms with Crippen molar-refractivity contribution in [3.63, 3.8) is 0 Å². The molecule has 1 heterocycles. The van der Waals surface area contributed by atoms with Gasteiger partial charge in [-0.05, 0) is 13.3 Å². The first-order valence-corrected chi connectivity index (χ1v) is 3.78. The van der Waals surface area contributed by atoms with Crippen molar-refractivity contribution in [1.29, 1.82) is 0 Å². The summed E-state index contributed by atoms with van der Waals surface area (Å²) in [6, 6.07) is 0.0312. The molecule has 0 aliphatic rings. The zero-order chi connectivity index (χ0) is 8.43. The summed E-state index contributed by atoms with van der Waals surface area (Å²) in [5, 5.41) is 7.85. The van der Waals surface area contributed by atoms with Gasteiger partial charge in [0.1, 0.15) is 5.69 Å². The predicted octanol–water partition coefficient (Wildman–Crippen LogP) is 0.533. The molecule has 0 radical (unpaired) electrons. The van der Waals surface area contributed by atoms with E-state index in [4.69, 9.17) is 5.73 Å². The highest BCUT2D eigenvalue weighted by atomic mass is 15.4. The summed E-state index contributed by atoms with van der Waals surface area (Å²) in [6.07, 6.45) is 0.902. The Hall–Kier alpha value is -0.900. The van der Waals surface area contributed by atoms with Crippen LogP contribution in [0, 0.1) is 6.92 Å². The van der Waals surface area contributed by atoms with Crippen molar-refractivity contribution in [2.75, 3.05) is 0 Å². The molecule has 4 nitrogen and oxygen atoms in total. The van der Waals surface area contributed by atoms with E-state index in [2.05, 4.69) is 10.3 Å². The third-order valence-corrected chi connectivity index (χ3v) is 1.93. The van der Waals surface area contributed by atoms with Gasteiger partial charge in [-0.25, -0.2) is 0 Å². The average Bonchev–Trinajstić information content (AvgIpc) is 2.32. The summed E-state index contributed by atoms with van der Waals surface area (Å²) in [5.41, 5.74) is 7.76. The smallest absolute Gasteiger partial charge is 0.102 e. The minimum absolute atomic E-state index is 0.0312. The van der Waals surface area contributed by atoms with Crippen molar-refractivity contribution in [2.24, 2.45) is 12.8 Å². The molecule has 2 N–H and O–H groups in total. The van der Waals surface area contributed by atoms with Crippen LogP contribution in [0.5, 0.6) is 0 Å². The lowest BCUT2D eigenvalue weighted by atomic mass is 10.1. The highest BCUT2D eigenvalue weighted by Gasteiger charge is 2.11. The van der Waals surface area contributed by atoms with Gasteiger partial charge < -0.3 is 5.73 Å². The minimum atomic E-state index is 0.0312. The molecule has 0 amide bonds. The first-order chi connectivity index (χ1) is 5.16. The number of hydrogen-bond donors (Lipinski definition) is 1. The molecule has 0 bridgehead atoms. The highest BCUT2D eigenvalue weighted by Crippen LogP contribution is 2.13. The Morgan fingerprint density at radius 1 is 1.64 bits per heavy atom. The van der Waals surface area contributed by atoms with E-state index in [1.807, 2.05) is 20.9 Å². The van der Waals surface area contributed by atoms with Gasteiger partial charge in [0.05, 0.1) is 11.7 Å². The van der Waals surface area contributed by atoms with Crippen LogP contribution < -0.4 is 5.73 Å². The van der Waals surface area contributed by atoms with Crippen LogP contribution in [-0.4, -0.2) is 15.0 Å². The van der Waals surface area contributed by atoms with Gasteiger partial charge in [0.2, 0.25) is 0 Å². The van der Waals surface area contributed by atoms with Crippen molar-refractivity contribution in [1.82, 2.24) is 15.0 Å². The van der Waals surface area contributed by atoms with Crippen LogP contribution in [0.4, 0.5) is 0 Å². The Morgan fingerprint density at radius 3 is 2.64 bits per heavy atom. The van der Waals surface area contributed by atoms with Crippen LogP contribution in [0.15, 0.2) is 0 Å². The zero-order valence-corrected chi connectivity index (χ0v) is 7.20. The Kier molecular flexibility index (Phi) is 2.24. The molecule has 1 aromatic rings. The molecule has 4 heteroatoms. The Labute approximate surface area is 66.4 Å². The maximum absolute atomic E-state index is 5.79. The predicted molar refractivity (Wildman–Crippen MR) is 43.0 cm³/mol. The summed E-state index contributed by atoms with van der Waals surface area (Å²) in [7, 11) is 1.87. The summed E-state index contributed by atoms with van der Waals surface area (Å²) in [5.74, 6) is 0. The number of nitrogens with two attached hydrogens (primary N) is 1. The zero-order valence-electron chi connectivity index (χ0n) is 7.20. The lowest BCUT2D eigenvalue weighted by Crippen LogP contribution is -2.10. The second-order valence-corrected chi connectivity index (χ2v) is 2.70. The second kappa shape index (κ2) is 3.00. The van der Waals surface area contributed by atoms with Gasteiger partial charge in [-0.3, -0.25) is 4.68 Å². The largest absolute Gasteiger partial charge is 0.323 e. The van der Waals surface area contributed by atoms with Gasteiger partial charge in [-0.1, -0.05) is 12.1 Å². The maximum atomic E-state index is 5.79. The summed E-state index contributed by atoms with van der Waals surface area (Å²) < 4.78 is 1.74. The normalized spacial score (nSPS) is 13.5. The van der Waals surface area contributed by atoms with Crippen molar-refractivity contribution in [2.45, 2.75) is 26.3 Å². The van der Waals surface area contributed by atoms with Crippen LogP contribution in [0.3, 0.4) is 0 Å². The Morgan fingerprint density at radius 2 is 2.27 bits per heavy atom. The van der Waals surface area contributed by atoms with Crippen molar-refractivity contribution >= 4 is 0 Å². The van der Waals surface area contributed by atoms with Gasteiger partial charge in [-0.15, -0.1) is 5.10 Å². The molecule has 1 rings (SSSR count). The molecule has 0 saturated carbocycles. The van der Waals surface area contributed by atoms with Crippen LogP contribution in [0.1, 0.15) is 30.8 Å². The third kappa shape index (κ3) is 1.40. The van der Waals surface area contributed by atoms with E-state index >= 15 is 0 Å². The SMILES string of the molecule is CC[C@H](N)c1nnn(C)c1C. The van der Waals surface area contributed by atoms with Crippen molar-refractivity contribution in [3.8, 4) is 0 Å². The molecular weight excluding hydrogens is 140 g/mol. The number of hydrogen-bond acceptors (Lipinski definition) is 3. The first-order valence-electron chi connectivity index (χ1n) is 3.78. The molecule has 0 aliphatic heterocycles. The van der Waals surface area contributed by atoms with Crippen LogP contribution in [-0.2, 0) is 7.05 Å². The van der Waals surface area contributed by atoms with E-state index in [1.54, 1.807) is 4.68 Å². The molecule has 0 aromatic carbocycles. The van der Waals surface area contributed by atoms with Crippen LogP contribution >= 0.6 is 0 Å². The fraction of sp³-hybridized carbons (Fsp3) is 0.714. The van der Waals surface area contributed by atoms with Gasteiger partial charge in [0, 0.05) is 7.05 Å². The second-order valence-electron chi connectivity index (χ2n) is 2.70. The molecule has 0 aliphatic carbocycles.